The minimum absolute atomic E-state index is 0.0546. The molecule has 11 heteroatoms. The van der Waals surface area contributed by atoms with Gasteiger partial charge in [-0.1, -0.05) is 12.1 Å². The molecule has 204 valence electrons. The maximum Gasteiger partial charge on any atom is 0.257 e. The number of benzene rings is 3. The van der Waals surface area contributed by atoms with Crippen LogP contribution in [0.25, 0.3) is 10.6 Å². The van der Waals surface area contributed by atoms with Gasteiger partial charge in [-0.2, -0.15) is 0 Å². The van der Waals surface area contributed by atoms with Crippen LogP contribution in [-0.2, 0) is 16.4 Å². The van der Waals surface area contributed by atoms with E-state index in [4.69, 9.17) is 4.74 Å². The minimum Gasteiger partial charge on any atom is -0.492 e. The van der Waals surface area contributed by atoms with Gasteiger partial charge in [-0.15, -0.1) is 11.3 Å². The van der Waals surface area contributed by atoms with Crippen molar-refractivity contribution in [2.45, 2.75) is 35.2 Å². The number of sulfone groups is 1. The van der Waals surface area contributed by atoms with Crippen LogP contribution < -0.4 is 20.7 Å². The van der Waals surface area contributed by atoms with Crippen LogP contribution in [0.3, 0.4) is 0 Å². The maximum atomic E-state index is 13.2. The molecular weight excluding hydrogens is 548 g/mol. The second-order valence-electron chi connectivity index (χ2n) is 9.61. The summed E-state index contributed by atoms with van der Waals surface area (Å²) in [5.74, 6) is -0.127. The molecule has 3 heterocycles. The van der Waals surface area contributed by atoms with Gasteiger partial charge in [0.25, 0.3) is 11.8 Å². The molecule has 0 bridgehead atoms. The van der Waals surface area contributed by atoms with Gasteiger partial charge in [-0.05, 0) is 74.0 Å². The Kier molecular flexibility index (Phi) is 7.09. The fraction of sp³-hybridized carbons (Fsp3) is 0.207. The average molecular weight is 575 g/mol. The Balaban J connectivity index is 1.10. The molecule has 9 nitrogen and oxygen atoms in total. The number of aromatic nitrogens is 1. The molecule has 40 heavy (non-hydrogen) atoms. The maximum absolute atomic E-state index is 13.2. The molecule has 0 spiro atoms. The number of hydrogen-bond donors (Lipinski definition) is 3. The molecular formula is C29H26N4O5S2. The van der Waals surface area contributed by atoms with Crippen LogP contribution in [0.2, 0.25) is 0 Å². The van der Waals surface area contributed by atoms with Gasteiger partial charge < -0.3 is 20.7 Å². The number of thiazole rings is 1. The quantitative estimate of drug-likeness (QED) is 0.301. The van der Waals surface area contributed by atoms with Crippen LogP contribution >= 0.6 is 11.3 Å². The first kappa shape index (κ1) is 26.2. The molecule has 0 unspecified atom stereocenters. The third-order valence-electron chi connectivity index (χ3n) is 6.89. The zero-order valence-corrected chi connectivity index (χ0v) is 23.0. The van der Waals surface area contributed by atoms with Gasteiger partial charge in [0.1, 0.15) is 17.4 Å². The Morgan fingerprint density at radius 2 is 1.90 bits per heavy atom. The van der Waals surface area contributed by atoms with Gasteiger partial charge in [-0.3, -0.25) is 9.59 Å². The summed E-state index contributed by atoms with van der Waals surface area (Å²) in [4.78, 5) is 30.8. The lowest BCUT2D eigenvalue weighted by Crippen LogP contribution is -2.28. The molecule has 0 saturated carbocycles. The summed E-state index contributed by atoms with van der Waals surface area (Å²) in [5.41, 5.74) is 1.32. The summed E-state index contributed by atoms with van der Waals surface area (Å²) in [6.07, 6.45) is 4.04. The molecule has 6 rings (SSSR count). The number of nitrogens with zero attached hydrogens (tertiary/aromatic N) is 1. The molecule has 0 radical (unpaired) electrons. The Morgan fingerprint density at radius 1 is 1.07 bits per heavy atom. The van der Waals surface area contributed by atoms with Crippen LogP contribution in [0.15, 0.2) is 82.7 Å². The number of nitrogens with one attached hydrogen (secondary N) is 3. The molecule has 1 aromatic heterocycles. The minimum atomic E-state index is -3.93. The summed E-state index contributed by atoms with van der Waals surface area (Å²) >= 11 is 1.47. The number of carbonyl (C=O) groups is 2. The highest BCUT2D eigenvalue weighted by Crippen LogP contribution is 2.34. The first-order valence-corrected chi connectivity index (χ1v) is 15.2. The molecule has 0 aliphatic carbocycles. The van der Waals surface area contributed by atoms with E-state index in [-0.39, 0.29) is 33.2 Å². The molecule has 1 saturated heterocycles. The monoisotopic (exact) mass is 574 g/mol. The van der Waals surface area contributed by atoms with E-state index in [1.165, 1.54) is 48.1 Å². The third kappa shape index (κ3) is 5.23. The third-order valence-corrected chi connectivity index (χ3v) is 9.81. The van der Waals surface area contributed by atoms with Crippen molar-refractivity contribution in [3.63, 3.8) is 0 Å². The van der Waals surface area contributed by atoms with Crippen molar-refractivity contribution >= 4 is 38.7 Å². The van der Waals surface area contributed by atoms with E-state index >= 15 is 0 Å². The van der Waals surface area contributed by atoms with Crippen LogP contribution in [-0.4, -0.2) is 44.4 Å². The fourth-order valence-electron chi connectivity index (χ4n) is 4.78. The Labute approximate surface area is 235 Å². The number of anilines is 1. The van der Waals surface area contributed by atoms with Gasteiger partial charge >= 0.3 is 0 Å². The lowest BCUT2D eigenvalue weighted by atomic mass is 10.1. The lowest BCUT2D eigenvalue weighted by molar-refractivity contribution is 0.0949. The molecule has 3 aromatic carbocycles. The summed E-state index contributed by atoms with van der Waals surface area (Å²) in [6.45, 7) is 1.95. The molecule has 1 atom stereocenters. The van der Waals surface area contributed by atoms with Crippen molar-refractivity contribution < 1.29 is 22.7 Å². The van der Waals surface area contributed by atoms with Crippen molar-refractivity contribution in [1.29, 1.82) is 0 Å². The average Bonchev–Trinajstić information content (AvgIpc) is 3.66. The predicted molar refractivity (Wildman–Crippen MR) is 152 cm³/mol. The van der Waals surface area contributed by atoms with E-state index < -0.39 is 21.7 Å². The standard InChI is InChI=1S/C29H26N4O5S2/c34-27(19-9-12-26-24(14-19)33-28(35)23-5-1-2-6-25(23)40(26,36)37)31-15-22-16-32-29(39-22)18-7-10-21(11-8-18)38-17-20-4-3-13-30-20/h1-2,5-12,14,16,20,30H,3-4,13,15,17H2,(H,31,34)(H,33,35)/t20-/m0/s1. The van der Waals surface area contributed by atoms with E-state index in [0.717, 1.165) is 34.2 Å². The highest BCUT2D eigenvalue weighted by Gasteiger charge is 2.31. The molecule has 1 fully saturated rings. The number of hydrogen-bond acceptors (Lipinski definition) is 8. The fourth-order valence-corrected chi connectivity index (χ4v) is 7.23. The zero-order chi connectivity index (χ0) is 27.7. The van der Waals surface area contributed by atoms with Crippen molar-refractivity contribution in [1.82, 2.24) is 15.6 Å². The number of rotatable bonds is 7. The summed E-state index contributed by atoms with van der Waals surface area (Å²) < 4.78 is 32.2. The number of ether oxygens (including phenoxy) is 1. The summed E-state index contributed by atoms with van der Waals surface area (Å²) in [7, 11) is -3.93. The van der Waals surface area contributed by atoms with Crippen LogP contribution in [0.1, 0.15) is 38.4 Å². The number of fused-ring (bicyclic) bond motifs is 2. The Morgan fingerprint density at radius 3 is 2.70 bits per heavy atom. The van der Waals surface area contributed by atoms with Crippen LogP contribution in [0, 0.1) is 0 Å². The molecule has 2 aliphatic heterocycles. The SMILES string of the molecule is O=C(NCc1cnc(-c2ccc(OC[C@@H]3CCCN3)cc2)s1)c1ccc2c(c1)NC(=O)c1ccccc1S2(=O)=O. The van der Waals surface area contributed by atoms with Crippen molar-refractivity contribution in [3.05, 3.63) is 88.9 Å². The van der Waals surface area contributed by atoms with Gasteiger partial charge in [0.05, 0.1) is 27.6 Å². The number of carbonyl (C=O) groups excluding carboxylic acids is 2. The first-order valence-electron chi connectivity index (χ1n) is 12.9. The molecule has 4 aromatic rings. The van der Waals surface area contributed by atoms with Gasteiger partial charge in [0.2, 0.25) is 9.84 Å². The summed E-state index contributed by atoms with van der Waals surface area (Å²) in [6, 6.07) is 18.4. The first-order chi connectivity index (χ1) is 19.4. The van der Waals surface area contributed by atoms with Gasteiger partial charge in [0, 0.05) is 28.2 Å². The molecule has 2 amide bonds. The lowest BCUT2D eigenvalue weighted by Gasteiger charge is -2.12. The topological polar surface area (TPSA) is 126 Å². The van der Waals surface area contributed by atoms with Crippen molar-refractivity contribution in [2.75, 3.05) is 18.5 Å². The van der Waals surface area contributed by atoms with E-state index in [2.05, 4.69) is 20.9 Å². The van der Waals surface area contributed by atoms with Gasteiger partial charge in [-0.25, -0.2) is 13.4 Å². The highest BCUT2D eigenvalue weighted by atomic mass is 32.2. The van der Waals surface area contributed by atoms with E-state index in [0.29, 0.717) is 12.6 Å². The normalized spacial score (nSPS) is 17.3. The largest absolute Gasteiger partial charge is 0.492 e. The highest BCUT2D eigenvalue weighted by molar-refractivity contribution is 7.91. The smallest absolute Gasteiger partial charge is 0.257 e. The summed E-state index contributed by atoms with van der Waals surface area (Å²) in [5, 5.41) is 9.72. The van der Waals surface area contributed by atoms with Crippen molar-refractivity contribution in [2.24, 2.45) is 0 Å². The Bertz CT molecular complexity index is 1690. The molecule has 2 aliphatic rings. The van der Waals surface area contributed by atoms with Gasteiger partial charge in [0.15, 0.2) is 0 Å². The van der Waals surface area contributed by atoms with E-state index in [1.807, 2.05) is 24.3 Å². The Hall–Kier alpha value is -4.06. The van der Waals surface area contributed by atoms with E-state index in [1.54, 1.807) is 18.3 Å². The van der Waals surface area contributed by atoms with Crippen LogP contribution in [0.5, 0.6) is 5.75 Å². The number of amides is 2. The zero-order valence-electron chi connectivity index (χ0n) is 21.3. The molecule has 3 N–H and O–H groups in total. The van der Waals surface area contributed by atoms with Crippen LogP contribution in [0.4, 0.5) is 5.69 Å². The second kappa shape index (κ2) is 10.8. The second-order valence-corrected chi connectivity index (χ2v) is 12.6. The predicted octanol–water partition coefficient (Wildman–Crippen LogP) is 4.27. The van der Waals surface area contributed by atoms with Crippen molar-refractivity contribution in [3.8, 4) is 16.3 Å². The van der Waals surface area contributed by atoms with E-state index in [9.17, 15) is 18.0 Å².